The molecular formula is C23H29N7O3. The number of oxazole rings is 1. The second-order valence-corrected chi connectivity index (χ2v) is 8.04. The van der Waals surface area contributed by atoms with Crippen molar-refractivity contribution in [2.75, 3.05) is 6.54 Å². The molecule has 0 unspecified atom stereocenters. The van der Waals surface area contributed by atoms with Crippen molar-refractivity contribution in [2.24, 2.45) is 12.0 Å². The summed E-state index contributed by atoms with van der Waals surface area (Å²) in [5, 5.41) is 12.3. The summed E-state index contributed by atoms with van der Waals surface area (Å²) in [5.41, 5.74) is 2.49. The predicted molar refractivity (Wildman–Crippen MR) is 125 cm³/mol. The SMILES string of the molecule is C=N/C(=C\c1c(C)c(-c2ncco2)nn1[C@H]1CC[C@@H](Oc2ccc(=O)n(C)n2)CC1)NCC. The molecule has 0 spiro atoms. The fraction of sp³-hybridized carbons (Fsp3) is 0.435. The quantitative estimate of drug-likeness (QED) is 0.524. The van der Waals surface area contributed by atoms with E-state index >= 15 is 0 Å². The van der Waals surface area contributed by atoms with Crippen LogP contribution in [0.5, 0.6) is 5.88 Å². The van der Waals surface area contributed by atoms with Gasteiger partial charge < -0.3 is 14.5 Å². The van der Waals surface area contributed by atoms with E-state index in [0.717, 1.165) is 49.2 Å². The lowest BCUT2D eigenvalue weighted by atomic mass is 9.93. The number of ether oxygens (including phenoxy) is 1. The van der Waals surface area contributed by atoms with Crippen molar-refractivity contribution in [3.8, 4) is 17.5 Å². The third kappa shape index (κ3) is 4.89. The first-order valence-electron chi connectivity index (χ1n) is 11.1. The summed E-state index contributed by atoms with van der Waals surface area (Å²) < 4.78 is 14.9. The molecular weight excluding hydrogens is 422 g/mol. The fourth-order valence-corrected chi connectivity index (χ4v) is 4.11. The summed E-state index contributed by atoms with van der Waals surface area (Å²) in [6.45, 7) is 8.45. The molecule has 174 valence electrons. The van der Waals surface area contributed by atoms with Crippen LogP contribution in [0.3, 0.4) is 0 Å². The Hall–Kier alpha value is -3.69. The molecule has 1 N–H and O–H groups in total. The van der Waals surface area contributed by atoms with E-state index < -0.39 is 0 Å². The number of aromatic nitrogens is 5. The highest BCUT2D eigenvalue weighted by Gasteiger charge is 2.28. The van der Waals surface area contributed by atoms with Crippen molar-refractivity contribution < 1.29 is 9.15 Å². The first kappa shape index (κ1) is 22.5. The van der Waals surface area contributed by atoms with Gasteiger partial charge in [-0.05, 0) is 46.2 Å². The molecule has 3 aromatic rings. The van der Waals surface area contributed by atoms with Crippen LogP contribution in [0.25, 0.3) is 17.7 Å². The van der Waals surface area contributed by atoms with E-state index in [-0.39, 0.29) is 17.7 Å². The number of aryl methyl sites for hydroxylation is 1. The molecule has 1 aliphatic rings. The van der Waals surface area contributed by atoms with Crippen molar-refractivity contribution in [3.05, 3.63) is 52.0 Å². The summed E-state index contributed by atoms with van der Waals surface area (Å²) >= 11 is 0. The molecule has 0 aliphatic heterocycles. The summed E-state index contributed by atoms with van der Waals surface area (Å²) in [6, 6.07) is 3.29. The number of rotatable bonds is 8. The molecule has 33 heavy (non-hydrogen) atoms. The van der Waals surface area contributed by atoms with E-state index in [1.807, 2.05) is 19.9 Å². The average Bonchev–Trinajstić information content (AvgIpc) is 3.45. The van der Waals surface area contributed by atoms with Gasteiger partial charge in [0.25, 0.3) is 5.56 Å². The van der Waals surface area contributed by atoms with Gasteiger partial charge in [-0.25, -0.2) is 14.7 Å². The molecule has 0 atom stereocenters. The molecule has 4 rings (SSSR count). The van der Waals surface area contributed by atoms with Gasteiger partial charge in [0.1, 0.15) is 18.2 Å². The van der Waals surface area contributed by atoms with Crippen LogP contribution >= 0.6 is 0 Å². The van der Waals surface area contributed by atoms with Gasteiger partial charge in [-0.3, -0.25) is 9.48 Å². The molecule has 10 heteroatoms. The minimum Gasteiger partial charge on any atom is -0.473 e. The van der Waals surface area contributed by atoms with Crippen LogP contribution in [0, 0.1) is 6.92 Å². The highest BCUT2D eigenvalue weighted by atomic mass is 16.5. The Kier molecular flexibility index (Phi) is 6.71. The number of hydrogen-bond donors (Lipinski definition) is 1. The van der Waals surface area contributed by atoms with Crippen molar-refractivity contribution in [1.82, 2.24) is 29.9 Å². The Labute approximate surface area is 192 Å². The molecule has 3 heterocycles. The maximum Gasteiger partial charge on any atom is 0.266 e. The number of aliphatic imine (C=N–C) groups is 1. The summed E-state index contributed by atoms with van der Waals surface area (Å²) in [6.07, 6.45) is 8.67. The Morgan fingerprint density at radius 3 is 2.76 bits per heavy atom. The van der Waals surface area contributed by atoms with Gasteiger partial charge in [0.05, 0.1) is 17.9 Å². The number of nitrogens with one attached hydrogen (secondary N) is 1. The first-order chi connectivity index (χ1) is 16.0. The van der Waals surface area contributed by atoms with Crippen molar-refractivity contribution in [2.45, 2.75) is 51.7 Å². The van der Waals surface area contributed by atoms with Gasteiger partial charge in [0.15, 0.2) is 5.69 Å². The monoisotopic (exact) mass is 451 g/mol. The maximum atomic E-state index is 11.6. The van der Waals surface area contributed by atoms with Gasteiger partial charge in [0.2, 0.25) is 11.8 Å². The minimum atomic E-state index is -0.159. The Bertz CT molecular complexity index is 1190. The lowest BCUT2D eigenvalue weighted by Crippen LogP contribution is -2.28. The Morgan fingerprint density at radius 1 is 1.33 bits per heavy atom. The van der Waals surface area contributed by atoms with Crippen LogP contribution in [0.1, 0.15) is 49.9 Å². The average molecular weight is 452 g/mol. The fourth-order valence-electron chi connectivity index (χ4n) is 4.11. The lowest BCUT2D eigenvalue weighted by Gasteiger charge is -2.29. The highest BCUT2D eigenvalue weighted by Crippen LogP contribution is 2.35. The third-order valence-electron chi connectivity index (χ3n) is 5.84. The van der Waals surface area contributed by atoms with Gasteiger partial charge in [-0.2, -0.15) is 5.10 Å². The van der Waals surface area contributed by atoms with Gasteiger partial charge >= 0.3 is 0 Å². The normalized spacial score (nSPS) is 18.8. The van der Waals surface area contributed by atoms with Crippen LogP contribution in [0.4, 0.5) is 0 Å². The third-order valence-corrected chi connectivity index (χ3v) is 5.84. The number of nitrogens with zero attached hydrogens (tertiary/aromatic N) is 6. The van der Waals surface area contributed by atoms with E-state index in [1.165, 1.54) is 10.7 Å². The molecule has 1 fully saturated rings. The zero-order valence-corrected chi connectivity index (χ0v) is 19.2. The van der Waals surface area contributed by atoms with E-state index in [2.05, 4.69) is 31.8 Å². The molecule has 0 saturated heterocycles. The lowest BCUT2D eigenvalue weighted by molar-refractivity contribution is 0.122. The van der Waals surface area contributed by atoms with Crippen LogP contribution in [0.2, 0.25) is 0 Å². The minimum absolute atomic E-state index is 0.0419. The summed E-state index contributed by atoms with van der Waals surface area (Å²) in [7, 11) is 1.62. The Morgan fingerprint density at radius 2 is 2.12 bits per heavy atom. The Balaban J connectivity index is 1.56. The molecule has 0 aromatic carbocycles. The topological polar surface area (TPSA) is 112 Å². The zero-order valence-electron chi connectivity index (χ0n) is 19.2. The summed E-state index contributed by atoms with van der Waals surface area (Å²) in [5.74, 6) is 1.66. The molecule has 3 aromatic heterocycles. The van der Waals surface area contributed by atoms with Crippen molar-refractivity contribution in [3.63, 3.8) is 0 Å². The summed E-state index contributed by atoms with van der Waals surface area (Å²) in [4.78, 5) is 20.0. The van der Waals surface area contributed by atoms with Crippen LogP contribution in [-0.4, -0.2) is 43.9 Å². The van der Waals surface area contributed by atoms with E-state index in [4.69, 9.17) is 14.3 Å². The molecule has 1 aliphatic carbocycles. The van der Waals surface area contributed by atoms with Gasteiger partial charge in [0, 0.05) is 37.4 Å². The van der Waals surface area contributed by atoms with Crippen LogP contribution < -0.4 is 15.6 Å². The molecule has 10 nitrogen and oxygen atoms in total. The second kappa shape index (κ2) is 9.85. The van der Waals surface area contributed by atoms with Crippen molar-refractivity contribution >= 4 is 12.8 Å². The largest absolute Gasteiger partial charge is 0.473 e. The maximum absolute atomic E-state index is 11.6. The predicted octanol–water partition coefficient (Wildman–Crippen LogP) is 3.11. The van der Waals surface area contributed by atoms with Gasteiger partial charge in [-0.15, -0.1) is 5.10 Å². The standard InChI is InChI=1S/C23H29N7O3/c1-5-25-19(24-3)14-18-15(2)22(23-26-12-13-32-23)28-30(18)16-6-8-17(9-7-16)33-20-10-11-21(31)29(4)27-20/h10-14,16-17,25H,3,5-9H2,1-2,4H3/b19-14+/t16-,17+. The number of hydrogen-bond acceptors (Lipinski definition) is 8. The zero-order chi connectivity index (χ0) is 23.4. The smallest absolute Gasteiger partial charge is 0.266 e. The van der Waals surface area contributed by atoms with Crippen LogP contribution in [0.15, 0.2) is 44.6 Å². The molecule has 0 bridgehead atoms. The van der Waals surface area contributed by atoms with Crippen molar-refractivity contribution in [1.29, 1.82) is 0 Å². The molecule has 0 amide bonds. The highest BCUT2D eigenvalue weighted by molar-refractivity contribution is 5.63. The molecule has 1 saturated carbocycles. The van der Waals surface area contributed by atoms with E-state index in [9.17, 15) is 4.79 Å². The second-order valence-electron chi connectivity index (χ2n) is 8.04. The van der Waals surface area contributed by atoms with Gasteiger partial charge in [-0.1, -0.05) is 0 Å². The van der Waals surface area contributed by atoms with E-state index in [1.54, 1.807) is 25.6 Å². The van der Waals surface area contributed by atoms with Crippen LogP contribution in [-0.2, 0) is 7.05 Å². The van der Waals surface area contributed by atoms with E-state index in [0.29, 0.717) is 17.6 Å². The molecule has 0 radical (unpaired) electrons. The first-order valence-corrected chi connectivity index (χ1v) is 11.1.